The number of likely N-dealkylation sites (N-methyl/N-ethyl adjacent to an activating group) is 1. The minimum absolute atomic E-state index is 0.214. The maximum Gasteiger partial charge on any atom is 0.191 e. The Morgan fingerprint density at radius 3 is 2.60 bits per heavy atom. The van der Waals surface area contributed by atoms with Crippen LogP contribution in [0.4, 0.5) is 4.39 Å². The zero-order valence-electron chi connectivity index (χ0n) is 12.6. The van der Waals surface area contributed by atoms with E-state index < -0.39 is 0 Å². The van der Waals surface area contributed by atoms with Crippen molar-refractivity contribution >= 4 is 5.96 Å². The lowest BCUT2D eigenvalue weighted by Crippen LogP contribution is -2.41. The number of halogens is 1. The van der Waals surface area contributed by atoms with Crippen molar-refractivity contribution < 1.29 is 4.39 Å². The molecule has 0 unspecified atom stereocenters. The average Bonchev–Trinajstić information content (AvgIpc) is 2.47. The lowest BCUT2D eigenvalue weighted by molar-refractivity contribution is 0.308. The van der Waals surface area contributed by atoms with Crippen LogP contribution in [0.5, 0.6) is 0 Å². The van der Waals surface area contributed by atoms with Crippen molar-refractivity contribution in [2.24, 2.45) is 4.99 Å². The molecule has 1 aromatic rings. The molecule has 0 saturated heterocycles. The Labute approximate surface area is 121 Å². The molecule has 5 heteroatoms. The molecule has 1 aromatic carbocycles. The van der Waals surface area contributed by atoms with Gasteiger partial charge in [0.25, 0.3) is 0 Å². The smallest absolute Gasteiger partial charge is 0.191 e. The van der Waals surface area contributed by atoms with Crippen LogP contribution in [0.25, 0.3) is 0 Å². The third-order valence-corrected chi connectivity index (χ3v) is 3.19. The molecule has 1 rings (SSSR count). The second-order valence-electron chi connectivity index (χ2n) is 4.51. The minimum atomic E-state index is -0.214. The number of aliphatic imine (C=N–C) groups is 1. The summed E-state index contributed by atoms with van der Waals surface area (Å²) >= 11 is 0. The van der Waals surface area contributed by atoms with Crippen molar-refractivity contribution in [3.63, 3.8) is 0 Å². The number of nitrogens with zero attached hydrogens (tertiary/aromatic N) is 2. The molecular weight excluding hydrogens is 255 g/mol. The molecule has 0 heterocycles. The van der Waals surface area contributed by atoms with E-state index in [-0.39, 0.29) is 5.82 Å². The van der Waals surface area contributed by atoms with Crippen molar-refractivity contribution in [2.45, 2.75) is 20.4 Å². The molecule has 0 fully saturated rings. The molecule has 0 spiro atoms. The second kappa shape index (κ2) is 9.31. The average molecular weight is 280 g/mol. The lowest BCUT2D eigenvalue weighted by atomic mass is 10.2. The fraction of sp³-hybridized carbons (Fsp3) is 0.533. The number of benzene rings is 1. The van der Waals surface area contributed by atoms with E-state index in [0.29, 0.717) is 6.54 Å². The Balaban J connectivity index is 2.33. The number of nitrogens with one attached hydrogen (secondary N) is 2. The third kappa shape index (κ3) is 6.02. The van der Waals surface area contributed by atoms with Crippen LogP contribution in [0.3, 0.4) is 0 Å². The highest BCUT2D eigenvalue weighted by atomic mass is 19.1. The summed E-state index contributed by atoms with van der Waals surface area (Å²) in [5.41, 5.74) is 0.900. The van der Waals surface area contributed by atoms with Crippen molar-refractivity contribution in [2.75, 3.05) is 33.2 Å². The molecule has 0 bridgehead atoms. The van der Waals surface area contributed by atoms with Crippen LogP contribution in [0.1, 0.15) is 19.4 Å². The van der Waals surface area contributed by atoms with E-state index in [4.69, 9.17) is 0 Å². The normalized spacial score (nSPS) is 11.8. The van der Waals surface area contributed by atoms with Gasteiger partial charge < -0.3 is 15.5 Å². The van der Waals surface area contributed by atoms with E-state index in [9.17, 15) is 4.39 Å². The van der Waals surface area contributed by atoms with Crippen LogP contribution < -0.4 is 10.6 Å². The summed E-state index contributed by atoms with van der Waals surface area (Å²) in [6.07, 6.45) is 0. The molecule has 0 aliphatic heterocycles. The Kier molecular flexibility index (Phi) is 7.65. The van der Waals surface area contributed by atoms with Gasteiger partial charge in [0, 0.05) is 26.7 Å². The summed E-state index contributed by atoms with van der Waals surface area (Å²) in [6, 6.07) is 6.57. The van der Waals surface area contributed by atoms with Gasteiger partial charge in [0.15, 0.2) is 5.96 Å². The molecule has 0 saturated carbocycles. The summed E-state index contributed by atoms with van der Waals surface area (Å²) in [4.78, 5) is 6.50. The molecule has 20 heavy (non-hydrogen) atoms. The summed E-state index contributed by atoms with van der Waals surface area (Å²) in [5.74, 6) is 0.523. The molecule has 4 nitrogen and oxygen atoms in total. The van der Waals surface area contributed by atoms with Gasteiger partial charge in [0.05, 0.1) is 0 Å². The number of rotatable bonds is 7. The highest BCUT2D eigenvalue weighted by molar-refractivity contribution is 5.79. The van der Waals surface area contributed by atoms with Gasteiger partial charge in [-0.05, 0) is 30.8 Å². The van der Waals surface area contributed by atoms with Crippen molar-refractivity contribution in [1.82, 2.24) is 15.5 Å². The van der Waals surface area contributed by atoms with Gasteiger partial charge in [-0.25, -0.2) is 4.39 Å². The van der Waals surface area contributed by atoms with Gasteiger partial charge in [-0.1, -0.05) is 26.0 Å². The van der Waals surface area contributed by atoms with E-state index in [1.54, 1.807) is 13.1 Å². The summed E-state index contributed by atoms with van der Waals surface area (Å²) < 4.78 is 13.1. The van der Waals surface area contributed by atoms with Crippen LogP contribution >= 0.6 is 0 Å². The molecule has 0 amide bonds. The minimum Gasteiger partial charge on any atom is -0.355 e. The van der Waals surface area contributed by atoms with E-state index in [1.807, 2.05) is 6.07 Å². The highest BCUT2D eigenvalue weighted by Gasteiger charge is 2.01. The fourth-order valence-electron chi connectivity index (χ4n) is 1.93. The van der Waals surface area contributed by atoms with E-state index >= 15 is 0 Å². The number of guanidine groups is 1. The first-order valence-electron chi connectivity index (χ1n) is 7.10. The number of hydrogen-bond donors (Lipinski definition) is 2. The summed E-state index contributed by atoms with van der Waals surface area (Å²) in [5, 5.41) is 6.43. The van der Waals surface area contributed by atoms with E-state index in [0.717, 1.165) is 37.7 Å². The van der Waals surface area contributed by atoms with Gasteiger partial charge in [0.1, 0.15) is 5.82 Å². The van der Waals surface area contributed by atoms with Gasteiger partial charge in [0.2, 0.25) is 0 Å². The lowest BCUT2D eigenvalue weighted by Gasteiger charge is -2.19. The quantitative estimate of drug-likeness (QED) is 0.591. The first-order chi connectivity index (χ1) is 9.69. The van der Waals surface area contributed by atoms with Gasteiger partial charge in [-0.3, -0.25) is 4.99 Å². The summed E-state index contributed by atoms with van der Waals surface area (Å²) in [6.45, 7) is 8.78. The van der Waals surface area contributed by atoms with E-state index in [1.165, 1.54) is 12.1 Å². The van der Waals surface area contributed by atoms with Crippen LogP contribution in [0.15, 0.2) is 29.3 Å². The molecule has 0 aliphatic rings. The summed E-state index contributed by atoms with van der Waals surface area (Å²) in [7, 11) is 1.73. The monoisotopic (exact) mass is 280 g/mol. The van der Waals surface area contributed by atoms with Crippen LogP contribution in [0.2, 0.25) is 0 Å². The molecule has 0 atom stereocenters. The van der Waals surface area contributed by atoms with Crippen molar-refractivity contribution in [3.8, 4) is 0 Å². The standard InChI is InChI=1S/C15H25FN4/c1-4-20(5-2)10-9-18-15(17-3)19-12-13-7-6-8-14(16)11-13/h6-8,11H,4-5,9-10,12H2,1-3H3,(H2,17,18,19). The Morgan fingerprint density at radius 1 is 1.25 bits per heavy atom. The van der Waals surface area contributed by atoms with Gasteiger partial charge >= 0.3 is 0 Å². The Morgan fingerprint density at radius 2 is 2.00 bits per heavy atom. The van der Waals surface area contributed by atoms with Crippen molar-refractivity contribution in [3.05, 3.63) is 35.6 Å². The zero-order chi connectivity index (χ0) is 14.8. The Hall–Kier alpha value is -1.62. The van der Waals surface area contributed by atoms with Crippen molar-refractivity contribution in [1.29, 1.82) is 0 Å². The van der Waals surface area contributed by atoms with E-state index in [2.05, 4.69) is 34.4 Å². The zero-order valence-corrected chi connectivity index (χ0v) is 12.6. The first-order valence-corrected chi connectivity index (χ1v) is 7.10. The molecular formula is C15H25FN4. The van der Waals surface area contributed by atoms with Gasteiger partial charge in [-0.15, -0.1) is 0 Å². The van der Waals surface area contributed by atoms with Gasteiger partial charge in [-0.2, -0.15) is 0 Å². The molecule has 112 valence electrons. The molecule has 0 aromatic heterocycles. The molecule has 0 radical (unpaired) electrons. The second-order valence-corrected chi connectivity index (χ2v) is 4.51. The Bertz CT molecular complexity index is 416. The first kappa shape index (κ1) is 16.4. The maximum atomic E-state index is 13.1. The largest absolute Gasteiger partial charge is 0.355 e. The topological polar surface area (TPSA) is 39.7 Å². The van der Waals surface area contributed by atoms with Crippen LogP contribution in [-0.2, 0) is 6.54 Å². The maximum absolute atomic E-state index is 13.1. The predicted molar refractivity (Wildman–Crippen MR) is 82.4 cm³/mol. The number of hydrogen-bond acceptors (Lipinski definition) is 2. The molecule has 0 aliphatic carbocycles. The fourth-order valence-corrected chi connectivity index (χ4v) is 1.93. The van der Waals surface area contributed by atoms with Crippen LogP contribution in [-0.4, -0.2) is 44.1 Å². The molecule has 2 N–H and O–H groups in total. The van der Waals surface area contributed by atoms with Crippen LogP contribution in [0, 0.1) is 5.82 Å². The third-order valence-electron chi connectivity index (χ3n) is 3.19. The predicted octanol–water partition coefficient (Wildman–Crippen LogP) is 1.83. The highest BCUT2D eigenvalue weighted by Crippen LogP contribution is 2.02. The SMILES string of the molecule is CCN(CC)CCNC(=NC)NCc1cccc(F)c1.